The summed E-state index contributed by atoms with van der Waals surface area (Å²) in [6.45, 7) is 6.89. The first kappa shape index (κ1) is 14.5. The van der Waals surface area contributed by atoms with Gasteiger partial charge in [0.05, 0.1) is 12.5 Å². The Morgan fingerprint density at radius 3 is 2.42 bits per heavy atom. The van der Waals surface area contributed by atoms with Crippen LogP contribution >= 0.6 is 0 Å². The van der Waals surface area contributed by atoms with Gasteiger partial charge in [-0.1, -0.05) is 19.8 Å². The number of rotatable bonds is 5. The number of carbonyl (C=O) groups excluding carboxylic acids is 2. The highest BCUT2D eigenvalue weighted by Gasteiger charge is 2.41. The smallest absolute Gasteiger partial charge is 0.247 e. The van der Waals surface area contributed by atoms with Crippen LogP contribution < -0.4 is 5.32 Å². The van der Waals surface area contributed by atoms with Crippen LogP contribution in [0.5, 0.6) is 0 Å². The zero-order valence-corrected chi connectivity index (χ0v) is 12.4. The average molecular weight is 266 g/mol. The number of imide groups is 1. The van der Waals surface area contributed by atoms with Crippen LogP contribution in [-0.2, 0) is 9.59 Å². The Hall–Kier alpha value is -0.900. The number of hydrogen-bond donors (Lipinski definition) is 1. The molecule has 1 saturated heterocycles. The lowest BCUT2D eigenvalue weighted by molar-refractivity contribution is -0.140. The van der Waals surface area contributed by atoms with Crippen LogP contribution in [0.1, 0.15) is 59.3 Å². The number of amides is 2. The fourth-order valence-corrected chi connectivity index (χ4v) is 3.47. The summed E-state index contributed by atoms with van der Waals surface area (Å²) in [6.07, 6.45) is 6.58. The molecule has 1 aliphatic carbocycles. The molecule has 2 amide bonds. The maximum atomic E-state index is 12.2. The van der Waals surface area contributed by atoms with Crippen LogP contribution in [0.2, 0.25) is 0 Å². The van der Waals surface area contributed by atoms with Gasteiger partial charge in [0, 0.05) is 12.6 Å². The number of nitrogens with one attached hydrogen (secondary N) is 1. The number of likely N-dealkylation sites (tertiary alicyclic amines) is 1. The summed E-state index contributed by atoms with van der Waals surface area (Å²) in [5, 5.41) is 3.37. The van der Waals surface area contributed by atoms with Crippen LogP contribution in [0.25, 0.3) is 0 Å². The lowest BCUT2D eigenvalue weighted by atomic mass is 9.83. The van der Waals surface area contributed by atoms with E-state index >= 15 is 0 Å². The first-order chi connectivity index (χ1) is 8.99. The number of carbonyl (C=O) groups is 2. The summed E-state index contributed by atoms with van der Waals surface area (Å²) in [5.41, 5.74) is 0.356. The van der Waals surface area contributed by atoms with E-state index in [0.29, 0.717) is 11.8 Å². The molecule has 1 aliphatic heterocycles. The lowest BCUT2D eigenvalue weighted by Crippen LogP contribution is -2.44. The van der Waals surface area contributed by atoms with E-state index in [-0.39, 0.29) is 23.9 Å². The monoisotopic (exact) mass is 266 g/mol. The summed E-state index contributed by atoms with van der Waals surface area (Å²) >= 11 is 0. The van der Waals surface area contributed by atoms with Crippen LogP contribution in [0.15, 0.2) is 0 Å². The second-order valence-corrected chi connectivity index (χ2v) is 6.39. The van der Waals surface area contributed by atoms with Gasteiger partial charge in [-0.15, -0.1) is 0 Å². The van der Waals surface area contributed by atoms with E-state index in [1.165, 1.54) is 30.6 Å². The molecular formula is C15H26N2O2. The van der Waals surface area contributed by atoms with Crippen LogP contribution in [0, 0.1) is 5.41 Å². The van der Waals surface area contributed by atoms with Gasteiger partial charge in [0.25, 0.3) is 0 Å². The molecule has 4 nitrogen and oxygen atoms in total. The summed E-state index contributed by atoms with van der Waals surface area (Å²) in [5.74, 6) is -0.0706. The van der Waals surface area contributed by atoms with Crippen molar-refractivity contribution in [3.8, 4) is 0 Å². The minimum Gasteiger partial charge on any atom is -0.305 e. The van der Waals surface area contributed by atoms with E-state index in [4.69, 9.17) is 0 Å². The Balaban J connectivity index is 1.94. The molecule has 0 aromatic heterocycles. The van der Waals surface area contributed by atoms with Crippen molar-refractivity contribution in [3.05, 3.63) is 0 Å². The van der Waals surface area contributed by atoms with Crippen molar-refractivity contribution in [2.24, 2.45) is 5.41 Å². The van der Waals surface area contributed by atoms with Gasteiger partial charge in [0.1, 0.15) is 0 Å². The van der Waals surface area contributed by atoms with Crippen molar-refractivity contribution in [1.82, 2.24) is 10.2 Å². The Morgan fingerprint density at radius 2 is 1.95 bits per heavy atom. The van der Waals surface area contributed by atoms with E-state index < -0.39 is 0 Å². The number of hydrogen-bond acceptors (Lipinski definition) is 3. The highest BCUT2D eigenvalue weighted by Crippen LogP contribution is 2.40. The Bertz CT molecular complexity index is 359. The molecule has 108 valence electrons. The van der Waals surface area contributed by atoms with Crippen molar-refractivity contribution in [3.63, 3.8) is 0 Å². The predicted molar refractivity (Wildman–Crippen MR) is 74.6 cm³/mol. The maximum Gasteiger partial charge on any atom is 0.247 e. The van der Waals surface area contributed by atoms with Gasteiger partial charge in [-0.3, -0.25) is 14.5 Å². The highest BCUT2D eigenvalue weighted by atomic mass is 16.2. The minimum atomic E-state index is -0.293. The molecule has 19 heavy (non-hydrogen) atoms. The molecule has 1 heterocycles. The summed E-state index contributed by atoms with van der Waals surface area (Å²) < 4.78 is 0. The van der Waals surface area contributed by atoms with Crippen LogP contribution in [0.3, 0.4) is 0 Å². The van der Waals surface area contributed by atoms with Crippen molar-refractivity contribution < 1.29 is 9.59 Å². The molecule has 1 saturated carbocycles. The molecular weight excluding hydrogens is 240 g/mol. The Morgan fingerprint density at radius 1 is 1.32 bits per heavy atom. The van der Waals surface area contributed by atoms with E-state index in [0.717, 1.165) is 13.0 Å². The summed E-state index contributed by atoms with van der Waals surface area (Å²) in [6, 6.07) is -0.322. The zero-order valence-electron chi connectivity index (χ0n) is 12.4. The van der Waals surface area contributed by atoms with Crippen LogP contribution in [0.4, 0.5) is 0 Å². The Labute approximate surface area is 115 Å². The minimum absolute atomic E-state index is 0.0292. The molecule has 1 atom stereocenters. The molecule has 2 aliphatic rings. The second kappa shape index (κ2) is 5.61. The molecule has 2 rings (SSSR count). The lowest BCUT2D eigenvalue weighted by Gasteiger charge is -2.29. The number of nitrogens with zero attached hydrogens (tertiary/aromatic N) is 1. The molecule has 1 unspecified atom stereocenters. The molecule has 0 aromatic carbocycles. The summed E-state index contributed by atoms with van der Waals surface area (Å²) in [7, 11) is 0. The predicted octanol–water partition coefficient (Wildman–Crippen LogP) is 2.08. The van der Waals surface area contributed by atoms with Crippen molar-refractivity contribution >= 4 is 11.8 Å². The molecule has 4 heteroatoms. The van der Waals surface area contributed by atoms with Gasteiger partial charge < -0.3 is 5.32 Å². The fourth-order valence-electron chi connectivity index (χ4n) is 3.47. The molecule has 0 spiro atoms. The summed E-state index contributed by atoms with van der Waals surface area (Å²) in [4.78, 5) is 25.5. The molecule has 0 radical (unpaired) electrons. The third-order valence-corrected chi connectivity index (χ3v) is 4.84. The molecule has 0 bridgehead atoms. The quantitative estimate of drug-likeness (QED) is 0.775. The van der Waals surface area contributed by atoms with Crippen LogP contribution in [-0.4, -0.2) is 35.3 Å². The molecule has 2 fully saturated rings. The van der Waals surface area contributed by atoms with E-state index in [1.807, 2.05) is 13.8 Å². The van der Waals surface area contributed by atoms with E-state index in [9.17, 15) is 9.59 Å². The van der Waals surface area contributed by atoms with Crippen molar-refractivity contribution in [2.45, 2.75) is 71.4 Å². The topological polar surface area (TPSA) is 49.4 Å². The standard InChI is InChI=1S/C15H26N2O2/c1-4-15(7-5-6-8-15)10-16-12-9-13(18)17(11(2)3)14(12)19/h11-12,16H,4-10H2,1-3H3. The molecule has 0 aromatic rings. The van der Waals surface area contributed by atoms with Crippen molar-refractivity contribution in [1.29, 1.82) is 0 Å². The van der Waals surface area contributed by atoms with Gasteiger partial charge in [-0.25, -0.2) is 0 Å². The van der Waals surface area contributed by atoms with E-state index in [1.54, 1.807) is 0 Å². The third-order valence-electron chi connectivity index (χ3n) is 4.84. The molecule has 1 N–H and O–H groups in total. The van der Waals surface area contributed by atoms with E-state index in [2.05, 4.69) is 12.2 Å². The van der Waals surface area contributed by atoms with Crippen molar-refractivity contribution in [2.75, 3.05) is 6.54 Å². The third kappa shape index (κ3) is 2.83. The zero-order chi connectivity index (χ0) is 14.0. The SMILES string of the molecule is CCC1(CNC2CC(=O)N(C(C)C)C2=O)CCCC1. The maximum absolute atomic E-state index is 12.2. The normalized spacial score (nSPS) is 26.7. The first-order valence-corrected chi connectivity index (χ1v) is 7.58. The Kier molecular flexibility index (Phi) is 4.29. The largest absolute Gasteiger partial charge is 0.305 e. The fraction of sp³-hybridized carbons (Fsp3) is 0.867. The van der Waals surface area contributed by atoms with Gasteiger partial charge in [-0.2, -0.15) is 0 Å². The van der Waals surface area contributed by atoms with Gasteiger partial charge in [0.15, 0.2) is 0 Å². The van der Waals surface area contributed by atoms with Gasteiger partial charge in [-0.05, 0) is 38.5 Å². The van der Waals surface area contributed by atoms with Gasteiger partial charge >= 0.3 is 0 Å². The highest BCUT2D eigenvalue weighted by molar-refractivity contribution is 6.05. The first-order valence-electron chi connectivity index (χ1n) is 7.58. The average Bonchev–Trinajstić information content (AvgIpc) is 2.93. The van der Waals surface area contributed by atoms with Gasteiger partial charge in [0.2, 0.25) is 11.8 Å². The second-order valence-electron chi connectivity index (χ2n) is 6.39.